The number of benzene rings is 1. The molecule has 28 heavy (non-hydrogen) atoms. The number of hydrogen-bond acceptors (Lipinski definition) is 4. The zero-order chi connectivity index (χ0) is 18.1. The minimum absolute atomic E-state index is 0. The quantitative estimate of drug-likeness (QED) is 0.731. The van der Waals surface area contributed by atoms with Crippen molar-refractivity contribution in [1.29, 1.82) is 0 Å². The third kappa shape index (κ3) is 5.26. The number of halogens is 2. The van der Waals surface area contributed by atoms with Crippen molar-refractivity contribution in [3.8, 4) is 10.6 Å². The van der Waals surface area contributed by atoms with Crippen molar-refractivity contribution in [2.45, 2.75) is 57.5 Å². The van der Waals surface area contributed by atoms with Crippen LogP contribution in [0.4, 0.5) is 0 Å². The number of nitrogens with one attached hydrogen (secondary N) is 1. The van der Waals surface area contributed by atoms with E-state index < -0.39 is 0 Å². The molecule has 2 unspecified atom stereocenters. The maximum atomic E-state index is 12.6. The van der Waals surface area contributed by atoms with Crippen LogP contribution in [0.1, 0.15) is 43.4 Å². The van der Waals surface area contributed by atoms with Gasteiger partial charge in [0.1, 0.15) is 5.01 Å². The molecule has 2 bridgehead atoms. The van der Waals surface area contributed by atoms with Crippen LogP contribution in [-0.4, -0.2) is 23.0 Å². The van der Waals surface area contributed by atoms with E-state index in [1.54, 1.807) is 11.3 Å². The van der Waals surface area contributed by atoms with Gasteiger partial charge in [0.25, 0.3) is 0 Å². The van der Waals surface area contributed by atoms with Crippen LogP contribution in [0.2, 0.25) is 0 Å². The highest BCUT2D eigenvalue weighted by molar-refractivity contribution is 7.13. The van der Waals surface area contributed by atoms with Crippen molar-refractivity contribution >= 4 is 42.1 Å². The normalized spacial score (nSPS) is 25.9. The summed E-state index contributed by atoms with van der Waals surface area (Å²) in [7, 11) is 0. The van der Waals surface area contributed by atoms with Gasteiger partial charge in [0.15, 0.2) is 0 Å². The highest BCUT2D eigenvalue weighted by Crippen LogP contribution is 2.39. The van der Waals surface area contributed by atoms with Crippen LogP contribution in [0.25, 0.3) is 10.6 Å². The van der Waals surface area contributed by atoms with Crippen LogP contribution in [0, 0.1) is 18.8 Å². The van der Waals surface area contributed by atoms with Gasteiger partial charge in [-0.15, -0.1) is 36.2 Å². The lowest BCUT2D eigenvalue weighted by molar-refractivity contribution is -0.122. The molecule has 2 atom stereocenters. The number of nitrogens with zero attached hydrogens (tertiary/aromatic N) is 1. The van der Waals surface area contributed by atoms with Crippen LogP contribution in [0.3, 0.4) is 0 Å². The summed E-state index contributed by atoms with van der Waals surface area (Å²) in [5.41, 5.74) is 9.40. The van der Waals surface area contributed by atoms with E-state index in [0.29, 0.717) is 30.3 Å². The monoisotopic (exact) mass is 441 g/mol. The summed E-state index contributed by atoms with van der Waals surface area (Å²) in [5.74, 6) is 1.21. The molecule has 2 saturated carbocycles. The number of aromatic nitrogens is 1. The van der Waals surface area contributed by atoms with Crippen molar-refractivity contribution in [3.63, 3.8) is 0 Å². The maximum Gasteiger partial charge on any atom is 0.226 e. The zero-order valence-electron chi connectivity index (χ0n) is 16.1. The molecule has 0 spiro atoms. The van der Waals surface area contributed by atoms with E-state index in [0.717, 1.165) is 29.1 Å². The van der Waals surface area contributed by atoms with Crippen LogP contribution in [0.5, 0.6) is 0 Å². The molecule has 3 N–H and O–H groups in total. The molecule has 0 radical (unpaired) electrons. The number of nitrogens with two attached hydrogens (primary N) is 1. The molecule has 1 amide bonds. The van der Waals surface area contributed by atoms with Crippen molar-refractivity contribution < 1.29 is 4.79 Å². The summed E-state index contributed by atoms with van der Waals surface area (Å²) in [5, 5.41) is 6.30. The van der Waals surface area contributed by atoms with Crippen molar-refractivity contribution in [2.24, 2.45) is 17.6 Å². The summed E-state index contributed by atoms with van der Waals surface area (Å²) >= 11 is 1.61. The van der Waals surface area contributed by atoms with E-state index in [-0.39, 0.29) is 30.7 Å². The van der Waals surface area contributed by atoms with Crippen LogP contribution in [-0.2, 0) is 11.2 Å². The predicted octanol–water partition coefficient (Wildman–Crippen LogP) is 4.53. The topological polar surface area (TPSA) is 68.0 Å². The average molecular weight is 442 g/mol. The van der Waals surface area contributed by atoms with Gasteiger partial charge in [-0.3, -0.25) is 4.79 Å². The van der Waals surface area contributed by atoms with Gasteiger partial charge in [0, 0.05) is 23.0 Å². The van der Waals surface area contributed by atoms with E-state index in [9.17, 15) is 4.79 Å². The molecule has 2 aromatic rings. The predicted molar refractivity (Wildman–Crippen MR) is 120 cm³/mol. The number of hydrogen-bond donors (Lipinski definition) is 2. The highest BCUT2D eigenvalue weighted by atomic mass is 35.5. The number of rotatable bonds is 4. The number of fused-ring (bicyclic) bond motifs is 2. The van der Waals surface area contributed by atoms with E-state index in [4.69, 9.17) is 5.73 Å². The van der Waals surface area contributed by atoms with Crippen LogP contribution in [0.15, 0.2) is 29.6 Å². The van der Waals surface area contributed by atoms with E-state index >= 15 is 0 Å². The first-order valence-electron chi connectivity index (χ1n) is 9.65. The lowest BCUT2D eigenvalue weighted by Crippen LogP contribution is -2.54. The van der Waals surface area contributed by atoms with Crippen LogP contribution >= 0.6 is 36.2 Å². The third-order valence-electron chi connectivity index (χ3n) is 5.90. The summed E-state index contributed by atoms with van der Waals surface area (Å²) in [6.45, 7) is 2.08. The molecule has 2 aliphatic rings. The number of amides is 1. The Morgan fingerprint density at radius 2 is 1.82 bits per heavy atom. The van der Waals surface area contributed by atoms with Gasteiger partial charge in [-0.2, -0.15) is 0 Å². The molecule has 4 rings (SSSR count). The third-order valence-corrected chi connectivity index (χ3v) is 6.84. The average Bonchev–Trinajstić information content (AvgIpc) is 3.04. The molecule has 7 heteroatoms. The molecule has 2 fully saturated rings. The second kappa shape index (κ2) is 10.1. The van der Waals surface area contributed by atoms with Gasteiger partial charge >= 0.3 is 0 Å². The Hall–Kier alpha value is -1.14. The first-order valence-corrected chi connectivity index (χ1v) is 10.5. The van der Waals surface area contributed by atoms with Gasteiger partial charge in [0.05, 0.1) is 12.1 Å². The molecular formula is C21H29Cl2N3OS. The molecule has 154 valence electrons. The van der Waals surface area contributed by atoms with Gasteiger partial charge in [-0.1, -0.05) is 36.2 Å². The Labute approximate surface area is 183 Å². The first kappa shape index (κ1) is 23.1. The molecule has 0 aliphatic heterocycles. The fraction of sp³-hybridized carbons (Fsp3) is 0.524. The summed E-state index contributed by atoms with van der Waals surface area (Å²) in [4.78, 5) is 17.3. The molecule has 1 aromatic heterocycles. The van der Waals surface area contributed by atoms with E-state index in [1.165, 1.54) is 24.8 Å². The Morgan fingerprint density at radius 1 is 1.18 bits per heavy atom. The number of thiazole rings is 1. The molecule has 0 saturated heterocycles. The SMILES string of the molecule is Cc1ccc(-c2nc(CC(=O)NC3C4CCCC3CC(N)C4)cs2)cc1.Cl.Cl. The fourth-order valence-electron chi connectivity index (χ4n) is 4.64. The number of aryl methyl sites for hydroxylation is 1. The lowest BCUT2D eigenvalue weighted by atomic mass is 9.67. The minimum Gasteiger partial charge on any atom is -0.352 e. The molecule has 2 aliphatic carbocycles. The van der Waals surface area contributed by atoms with E-state index in [1.807, 2.05) is 5.38 Å². The first-order chi connectivity index (χ1) is 12.6. The molecule has 4 nitrogen and oxygen atoms in total. The summed E-state index contributed by atoms with van der Waals surface area (Å²) in [6, 6.07) is 8.99. The fourth-order valence-corrected chi connectivity index (χ4v) is 5.47. The van der Waals surface area contributed by atoms with Gasteiger partial charge < -0.3 is 11.1 Å². The molecule has 1 aromatic carbocycles. The van der Waals surface area contributed by atoms with E-state index in [2.05, 4.69) is 41.5 Å². The van der Waals surface area contributed by atoms with Gasteiger partial charge in [-0.25, -0.2) is 4.98 Å². The largest absolute Gasteiger partial charge is 0.352 e. The lowest BCUT2D eigenvalue weighted by Gasteiger charge is -2.45. The maximum absolute atomic E-state index is 12.6. The smallest absolute Gasteiger partial charge is 0.226 e. The Bertz CT molecular complexity index is 766. The standard InChI is InChI=1S/C21H27N3OS.2ClH/c1-13-5-7-14(8-6-13)21-23-18(12-26-21)11-19(25)24-20-15-3-2-4-16(20)10-17(22)9-15;;/h5-8,12,15-17,20H,2-4,9-11,22H2,1H3,(H,24,25);2*1H. The zero-order valence-corrected chi connectivity index (χ0v) is 18.5. The van der Waals surface area contributed by atoms with Crippen molar-refractivity contribution in [2.75, 3.05) is 0 Å². The van der Waals surface area contributed by atoms with Crippen molar-refractivity contribution in [3.05, 3.63) is 40.9 Å². The Balaban J connectivity index is 0.00000140. The Morgan fingerprint density at radius 3 is 2.46 bits per heavy atom. The number of carbonyl (C=O) groups excluding carboxylic acids is 1. The summed E-state index contributed by atoms with van der Waals surface area (Å²) in [6.07, 6.45) is 6.14. The second-order valence-corrected chi connectivity index (χ2v) is 8.82. The number of carbonyl (C=O) groups is 1. The Kier molecular flexibility index (Phi) is 8.31. The highest BCUT2D eigenvalue weighted by Gasteiger charge is 2.39. The molecule has 1 heterocycles. The van der Waals surface area contributed by atoms with Gasteiger partial charge in [0.2, 0.25) is 5.91 Å². The van der Waals surface area contributed by atoms with Gasteiger partial charge in [-0.05, 0) is 44.4 Å². The van der Waals surface area contributed by atoms with Crippen molar-refractivity contribution in [1.82, 2.24) is 10.3 Å². The minimum atomic E-state index is 0. The molecular weight excluding hydrogens is 413 g/mol. The summed E-state index contributed by atoms with van der Waals surface area (Å²) < 4.78 is 0. The van der Waals surface area contributed by atoms with Crippen LogP contribution < -0.4 is 11.1 Å². The second-order valence-electron chi connectivity index (χ2n) is 7.96.